The molecule has 1 aromatic heterocycles. The molecule has 2 heterocycles. The van der Waals surface area contributed by atoms with Gasteiger partial charge in [-0.25, -0.2) is 4.68 Å². The Kier molecular flexibility index (Phi) is 8.27. The predicted octanol–water partition coefficient (Wildman–Crippen LogP) is 3.64. The van der Waals surface area contributed by atoms with Gasteiger partial charge in [-0.1, -0.05) is 26.0 Å². The monoisotopic (exact) mass is 485 g/mol. The summed E-state index contributed by atoms with van der Waals surface area (Å²) in [7, 11) is 1.87. The lowest BCUT2D eigenvalue weighted by molar-refractivity contribution is 0.380. The fourth-order valence-electron chi connectivity index (χ4n) is 3.01. The molecule has 2 aromatic rings. The Labute approximate surface area is 177 Å². The van der Waals surface area contributed by atoms with Crippen LogP contribution in [-0.2, 0) is 6.54 Å². The second-order valence-electron chi connectivity index (χ2n) is 6.62. The van der Waals surface area contributed by atoms with E-state index in [0.717, 1.165) is 31.3 Å². The van der Waals surface area contributed by atoms with Crippen LogP contribution in [0.1, 0.15) is 19.4 Å². The number of hydrogen-bond donors (Lipinski definition) is 1. The minimum atomic E-state index is 0. The van der Waals surface area contributed by atoms with Gasteiger partial charge < -0.3 is 10.2 Å². The fourth-order valence-corrected chi connectivity index (χ4v) is 4.31. The van der Waals surface area contributed by atoms with E-state index in [4.69, 9.17) is 0 Å². The Morgan fingerprint density at radius 3 is 2.92 bits per heavy atom. The number of guanidine groups is 1. The number of hydrogen-bond acceptors (Lipinski definition) is 3. The van der Waals surface area contributed by atoms with Crippen LogP contribution in [-0.4, -0.2) is 51.8 Å². The molecular weight excluding hydrogens is 457 g/mol. The van der Waals surface area contributed by atoms with Crippen LogP contribution in [0.25, 0.3) is 5.69 Å². The van der Waals surface area contributed by atoms with Crippen LogP contribution in [0, 0.1) is 5.92 Å². The molecule has 3 rings (SSSR count). The number of nitrogens with zero attached hydrogens (tertiary/aromatic N) is 4. The first-order valence-corrected chi connectivity index (χ1v) is 9.88. The molecule has 7 heteroatoms. The highest BCUT2D eigenvalue weighted by atomic mass is 127. The maximum Gasteiger partial charge on any atom is 0.193 e. The molecule has 5 nitrogen and oxygen atoms in total. The van der Waals surface area contributed by atoms with Crippen molar-refractivity contribution in [3.05, 3.63) is 48.3 Å². The third kappa shape index (κ3) is 5.39. The number of benzene rings is 1. The van der Waals surface area contributed by atoms with Gasteiger partial charge in [0.1, 0.15) is 0 Å². The van der Waals surface area contributed by atoms with Crippen molar-refractivity contribution in [1.29, 1.82) is 0 Å². The van der Waals surface area contributed by atoms with E-state index in [2.05, 4.69) is 70.2 Å². The summed E-state index contributed by atoms with van der Waals surface area (Å²) in [5.74, 6) is 2.85. The van der Waals surface area contributed by atoms with E-state index < -0.39 is 0 Å². The molecule has 142 valence electrons. The van der Waals surface area contributed by atoms with Gasteiger partial charge in [0.25, 0.3) is 0 Å². The van der Waals surface area contributed by atoms with E-state index in [0.29, 0.717) is 11.2 Å². The maximum absolute atomic E-state index is 4.50. The summed E-state index contributed by atoms with van der Waals surface area (Å²) in [6.07, 6.45) is 3.76. The van der Waals surface area contributed by atoms with Crippen LogP contribution in [0.3, 0.4) is 0 Å². The third-order valence-corrected chi connectivity index (χ3v) is 6.02. The first kappa shape index (κ1) is 21.1. The highest BCUT2D eigenvalue weighted by Crippen LogP contribution is 2.24. The highest BCUT2D eigenvalue weighted by molar-refractivity contribution is 14.0. The van der Waals surface area contributed by atoms with Gasteiger partial charge >= 0.3 is 0 Å². The Hall–Kier alpha value is -1.22. The highest BCUT2D eigenvalue weighted by Gasteiger charge is 2.24. The van der Waals surface area contributed by atoms with Crippen molar-refractivity contribution in [2.24, 2.45) is 10.9 Å². The molecule has 1 aliphatic rings. The van der Waals surface area contributed by atoms with Crippen LogP contribution >= 0.6 is 35.7 Å². The zero-order chi connectivity index (χ0) is 17.6. The Balaban J connectivity index is 0.00000243. The summed E-state index contributed by atoms with van der Waals surface area (Å²) in [6.45, 7) is 7.49. The molecule has 1 fully saturated rings. The lowest BCUT2D eigenvalue weighted by Gasteiger charge is -2.36. The molecule has 0 amide bonds. The van der Waals surface area contributed by atoms with Gasteiger partial charge in [0.15, 0.2) is 5.96 Å². The van der Waals surface area contributed by atoms with Crippen molar-refractivity contribution < 1.29 is 0 Å². The quantitative estimate of drug-likeness (QED) is 0.408. The lowest BCUT2D eigenvalue weighted by Crippen LogP contribution is -2.48. The molecule has 1 aromatic carbocycles. The molecule has 0 spiro atoms. The summed E-state index contributed by atoms with van der Waals surface area (Å²) < 4.78 is 1.88. The van der Waals surface area contributed by atoms with Gasteiger partial charge in [0.05, 0.1) is 5.69 Å². The second-order valence-corrected chi connectivity index (χ2v) is 7.97. The standard InChI is InChI=1S/C19H27N5S.HI/c1-15(2)18-14-23(10-11-25-18)19(20-3)21-13-16-6-4-7-17(12-16)24-9-5-8-22-24;/h4-9,12,15,18H,10-11,13-14H2,1-3H3,(H,20,21);1H. The smallest absolute Gasteiger partial charge is 0.193 e. The lowest BCUT2D eigenvalue weighted by atomic mass is 10.1. The SMILES string of the molecule is CN=C(NCc1cccc(-n2cccn2)c1)N1CCSC(C(C)C)C1.I. The largest absolute Gasteiger partial charge is 0.352 e. The van der Waals surface area contributed by atoms with Gasteiger partial charge in [-0.05, 0) is 29.7 Å². The van der Waals surface area contributed by atoms with Crippen molar-refractivity contribution in [3.8, 4) is 5.69 Å². The van der Waals surface area contributed by atoms with Crippen molar-refractivity contribution >= 4 is 41.7 Å². The molecule has 0 saturated carbocycles. The second kappa shape index (κ2) is 10.2. The number of rotatable bonds is 4. The zero-order valence-electron chi connectivity index (χ0n) is 15.6. The van der Waals surface area contributed by atoms with Gasteiger partial charge in [-0.15, -0.1) is 24.0 Å². The summed E-state index contributed by atoms with van der Waals surface area (Å²) >= 11 is 2.08. The number of thioether (sulfide) groups is 1. The van der Waals surface area contributed by atoms with E-state index in [1.165, 1.54) is 11.3 Å². The number of aromatic nitrogens is 2. The van der Waals surface area contributed by atoms with Crippen LogP contribution in [0.5, 0.6) is 0 Å². The summed E-state index contributed by atoms with van der Waals surface area (Å²) in [4.78, 5) is 6.88. The number of halogens is 1. The van der Waals surface area contributed by atoms with Gasteiger partial charge in [-0.3, -0.25) is 4.99 Å². The Bertz CT molecular complexity index is 702. The molecule has 1 N–H and O–H groups in total. The first-order chi connectivity index (χ1) is 12.2. The van der Waals surface area contributed by atoms with Crippen LogP contribution < -0.4 is 5.32 Å². The van der Waals surface area contributed by atoms with Crippen molar-refractivity contribution in [2.45, 2.75) is 25.6 Å². The summed E-state index contributed by atoms with van der Waals surface area (Å²) in [5, 5.41) is 8.50. The van der Waals surface area contributed by atoms with Crippen LogP contribution in [0.4, 0.5) is 0 Å². The molecule has 0 bridgehead atoms. The minimum Gasteiger partial charge on any atom is -0.352 e. The number of aliphatic imine (C=N–C) groups is 1. The van der Waals surface area contributed by atoms with Gasteiger partial charge in [0.2, 0.25) is 0 Å². The predicted molar refractivity (Wildman–Crippen MR) is 122 cm³/mol. The molecule has 0 radical (unpaired) electrons. The molecule has 0 aliphatic carbocycles. The Morgan fingerprint density at radius 2 is 2.23 bits per heavy atom. The van der Waals surface area contributed by atoms with E-state index in [9.17, 15) is 0 Å². The average Bonchev–Trinajstić information content (AvgIpc) is 3.17. The third-order valence-electron chi connectivity index (χ3n) is 4.48. The molecule has 1 saturated heterocycles. The molecule has 1 unspecified atom stereocenters. The molecule has 26 heavy (non-hydrogen) atoms. The fraction of sp³-hybridized carbons (Fsp3) is 0.474. The minimum absolute atomic E-state index is 0. The first-order valence-electron chi connectivity index (χ1n) is 8.83. The van der Waals surface area contributed by atoms with E-state index in [-0.39, 0.29) is 24.0 Å². The van der Waals surface area contributed by atoms with E-state index >= 15 is 0 Å². The number of nitrogens with one attached hydrogen (secondary N) is 1. The van der Waals surface area contributed by atoms with E-state index in [1.807, 2.05) is 24.0 Å². The molecular formula is C19H28IN5S. The summed E-state index contributed by atoms with van der Waals surface area (Å²) in [5.41, 5.74) is 2.30. The van der Waals surface area contributed by atoms with Crippen molar-refractivity contribution in [2.75, 3.05) is 25.9 Å². The van der Waals surface area contributed by atoms with Crippen LogP contribution in [0.2, 0.25) is 0 Å². The van der Waals surface area contributed by atoms with Gasteiger partial charge in [-0.2, -0.15) is 16.9 Å². The van der Waals surface area contributed by atoms with Crippen LogP contribution in [0.15, 0.2) is 47.7 Å². The summed E-state index contributed by atoms with van der Waals surface area (Å²) in [6, 6.07) is 10.4. The molecule has 1 aliphatic heterocycles. The van der Waals surface area contributed by atoms with E-state index in [1.54, 1.807) is 6.20 Å². The van der Waals surface area contributed by atoms with Crippen molar-refractivity contribution in [1.82, 2.24) is 20.0 Å². The normalized spacial score (nSPS) is 17.9. The Morgan fingerprint density at radius 1 is 1.38 bits per heavy atom. The zero-order valence-corrected chi connectivity index (χ0v) is 18.8. The maximum atomic E-state index is 4.50. The van der Waals surface area contributed by atoms with Crippen molar-refractivity contribution in [3.63, 3.8) is 0 Å². The topological polar surface area (TPSA) is 45.5 Å². The van der Waals surface area contributed by atoms with Gasteiger partial charge in [0, 0.05) is 50.1 Å². The average molecular weight is 485 g/mol. The molecule has 1 atom stereocenters.